The Morgan fingerprint density at radius 2 is 2.00 bits per heavy atom. The maximum Gasteiger partial charge on any atom is 0.258 e. The van der Waals surface area contributed by atoms with Gasteiger partial charge in [-0.25, -0.2) is 0 Å². The molecule has 0 bridgehead atoms. The van der Waals surface area contributed by atoms with Crippen LogP contribution in [0.2, 0.25) is 0 Å². The molecule has 0 amide bonds. The van der Waals surface area contributed by atoms with Crippen LogP contribution in [-0.2, 0) is 4.74 Å². The predicted octanol–water partition coefficient (Wildman–Crippen LogP) is 1.71. The number of ether oxygens (including phenoxy) is 1. The number of anilines is 2. The quantitative estimate of drug-likeness (QED) is 0.806. The Labute approximate surface area is 114 Å². The van der Waals surface area contributed by atoms with E-state index in [-0.39, 0.29) is 6.10 Å². The fourth-order valence-electron chi connectivity index (χ4n) is 1.92. The molecule has 100 valence electrons. The summed E-state index contributed by atoms with van der Waals surface area (Å²) in [5.41, 5.74) is 13.4. The van der Waals surface area contributed by atoms with Gasteiger partial charge >= 0.3 is 0 Å². The van der Waals surface area contributed by atoms with Gasteiger partial charge in [-0.3, -0.25) is 0 Å². The summed E-state index contributed by atoms with van der Waals surface area (Å²) >= 11 is 1.82. The molecule has 3 rings (SSSR count). The molecule has 1 aromatic carbocycles. The van der Waals surface area contributed by atoms with Crippen molar-refractivity contribution in [2.75, 3.05) is 29.6 Å². The van der Waals surface area contributed by atoms with Gasteiger partial charge in [0, 0.05) is 28.4 Å². The molecule has 1 unspecified atom stereocenters. The largest absolute Gasteiger partial charge is 0.399 e. The van der Waals surface area contributed by atoms with E-state index in [2.05, 4.69) is 10.1 Å². The zero-order valence-electron chi connectivity index (χ0n) is 10.2. The Balaban J connectivity index is 1.87. The fourth-order valence-corrected chi connectivity index (χ4v) is 2.76. The molecule has 6 nitrogen and oxygen atoms in total. The van der Waals surface area contributed by atoms with Gasteiger partial charge in [-0.1, -0.05) is 5.16 Å². The van der Waals surface area contributed by atoms with Gasteiger partial charge in [-0.05, 0) is 18.2 Å². The van der Waals surface area contributed by atoms with E-state index in [1.54, 1.807) is 18.2 Å². The van der Waals surface area contributed by atoms with Crippen molar-refractivity contribution in [3.63, 3.8) is 0 Å². The normalized spacial score (nSPS) is 19.5. The van der Waals surface area contributed by atoms with Crippen LogP contribution in [0.1, 0.15) is 11.9 Å². The van der Waals surface area contributed by atoms with E-state index in [9.17, 15) is 0 Å². The summed E-state index contributed by atoms with van der Waals surface area (Å²) in [6.07, 6.45) is -0.102. The molecule has 0 radical (unpaired) electrons. The number of nitrogens with two attached hydrogens (primary N) is 2. The number of hydrogen-bond acceptors (Lipinski definition) is 7. The molecule has 1 aliphatic heterocycles. The molecule has 1 atom stereocenters. The number of benzene rings is 1. The third kappa shape index (κ3) is 2.66. The highest BCUT2D eigenvalue weighted by atomic mass is 32.2. The first kappa shape index (κ1) is 12.3. The third-order valence-electron chi connectivity index (χ3n) is 2.77. The zero-order chi connectivity index (χ0) is 13.2. The Morgan fingerprint density at radius 3 is 2.68 bits per heavy atom. The minimum Gasteiger partial charge on any atom is -0.399 e. The van der Waals surface area contributed by atoms with Gasteiger partial charge in [0.15, 0.2) is 0 Å². The summed E-state index contributed by atoms with van der Waals surface area (Å²) in [7, 11) is 0. The van der Waals surface area contributed by atoms with E-state index in [1.165, 1.54) is 0 Å². The summed E-state index contributed by atoms with van der Waals surface area (Å²) in [5, 5.41) is 3.97. The topological polar surface area (TPSA) is 100 Å². The second kappa shape index (κ2) is 5.10. The van der Waals surface area contributed by atoms with E-state index >= 15 is 0 Å². The number of nitrogen functional groups attached to an aromatic ring is 2. The lowest BCUT2D eigenvalue weighted by Gasteiger charge is -2.18. The van der Waals surface area contributed by atoms with Crippen LogP contribution in [0.15, 0.2) is 22.7 Å². The summed E-state index contributed by atoms with van der Waals surface area (Å²) in [5.74, 6) is 2.83. The van der Waals surface area contributed by atoms with E-state index in [4.69, 9.17) is 20.7 Å². The Bertz CT molecular complexity index is 561. The van der Waals surface area contributed by atoms with Gasteiger partial charge in [-0.15, -0.1) is 0 Å². The highest BCUT2D eigenvalue weighted by molar-refractivity contribution is 7.99. The van der Waals surface area contributed by atoms with Crippen molar-refractivity contribution in [3.05, 3.63) is 24.0 Å². The average molecular weight is 278 g/mol. The molecule has 1 aliphatic rings. The van der Waals surface area contributed by atoms with Crippen LogP contribution in [0, 0.1) is 0 Å². The molecule has 1 aromatic heterocycles. The Morgan fingerprint density at radius 1 is 1.21 bits per heavy atom. The van der Waals surface area contributed by atoms with Crippen molar-refractivity contribution in [2.45, 2.75) is 6.10 Å². The molecule has 0 saturated carbocycles. The van der Waals surface area contributed by atoms with E-state index in [0.29, 0.717) is 29.7 Å². The molecule has 0 spiro atoms. The van der Waals surface area contributed by atoms with Gasteiger partial charge in [0.1, 0.15) is 6.10 Å². The van der Waals surface area contributed by atoms with Crippen LogP contribution in [0.5, 0.6) is 0 Å². The molecule has 2 heterocycles. The first-order chi connectivity index (χ1) is 9.22. The maximum atomic E-state index is 5.75. The van der Waals surface area contributed by atoms with Crippen LogP contribution in [0.25, 0.3) is 11.5 Å². The second-order valence-electron chi connectivity index (χ2n) is 4.28. The van der Waals surface area contributed by atoms with Crippen LogP contribution < -0.4 is 11.5 Å². The SMILES string of the molecule is Nc1cc(N)cc(-c2nc(C3CSCCO3)no2)c1. The highest BCUT2D eigenvalue weighted by Gasteiger charge is 2.22. The molecule has 4 N–H and O–H groups in total. The monoisotopic (exact) mass is 278 g/mol. The highest BCUT2D eigenvalue weighted by Crippen LogP contribution is 2.28. The third-order valence-corrected chi connectivity index (χ3v) is 3.76. The van der Waals surface area contributed by atoms with Crippen LogP contribution in [0.4, 0.5) is 11.4 Å². The first-order valence-electron chi connectivity index (χ1n) is 5.92. The zero-order valence-corrected chi connectivity index (χ0v) is 11.0. The smallest absolute Gasteiger partial charge is 0.258 e. The average Bonchev–Trinajstić information content (AvgIpc) is 2.88. The van der Waals surface area contributed by atoms with Gasteiger partial charge in [0.2, 0.25) is 5.82 Å². The number of thioether (sulfide) groups is 1. The lowest BCUT2D eigenvalue weighted by molar-refractivity contribution is 0.0677. The number of nitrogens with zero attached hydrogens (tertiary/aromatic N) is 2. The van der Waals surface area contributed by atoms with Gasteiger partial charge in [0.25, 0.3) is 5.89 Å². The summed E-state index contributed by atoms with van der Waals surface area (Å²) in [4.78, 5) is 4.36. The second-order valence-corrected chi connectivity index (χ2v) is 5.43. The maximum absolute atomic E-state index is 5.75. The fraction of sp³-hybridized carbons (Fsp3) is 0.333. The molecule has 19 heavy (non-hydrogen) atoms. The standard InChI is InChI=1S/C12H14N4O2S/c13-8-3-7(4-9(14)5-8)12-15-11(16-18-12)10-6-19-2-1-17-10/h3-5,10H,1-2,6,13-14H2. The van der Waals surface area contributed by atoms with Crippen molar-refractivity contribution in [1.29, 1.82) is 0 Å². The molecule has 1 saturated heterocycles. The van der Waals surface area contributed by atoms with Crippen LogP contribution in [-0.4, -0.2) is 28.3 Å². The molecular weight excluding hydrogens is 264 g/mol. The minimum atomic E-state index is -0.102. The van der Waals surface area contributed by atoms with E-state index < -0.39 is 0 Å². The van der Waals surface area contributed by atoms with Crippen molar-refractivity contribution < 1.29 is 9.26 Å². The van der Waals surface area contributed by atoms with Crippen molar-refractivity contribution in [3.8, 4) is 11.5 Å². The minimum absolute atomic E-state index is 0.102. The molecule has 1 fully saturated rings. The van der Waals surface area contributed by atoms with Gasteiger partial charge in [0.05, 0.1) is 6.61 Å². The summed E-state index contributed by atoms with van der Waals surface area (Å²) < 4.78 is 10.9. The van der Waals surface area contributed by atoms with Crippen LogP contribution in [0.3, 0.4) is 0 Å². The number of rotatable bonds is 2. The Kier molecular flexibility index (Phi) is 3.31. The molecule has 0 aliphatic carbocycles. The van der Waals surface area contributed by atoms with E-state index in [0.717, 1.165) is 17.1 Å². The predicted molar refractivity (Wildman–Crippen MR) is 74.6 cm³/mol. The first-order valence-corrected chi connectivity index (χ1v) is 7.07. The van der Waals surface area contributed by atoms with E-state index in [1.807, 2.05) is 11.8 Å². The van der Waals surface area contributed by atoms with Gasteiger partial charge < -0.3 is 20.7 Å². The molecule has 7 heteroatoms. The lowest BCUT2D eigenvalue weighted by Crippen LogP contribution is -2.16. The van der Waals surface area contributed by atoms with Crippen molar-refractivity contribution in [2.24, 2.45) is 0 Å². The summed E-state index contributed by atoms with van der Waals surface area (Å²) in [6.45, 7) is 0.713. The molecular formula is C12H14N4O2S. The van der Waals surface area contributed by atoms with Crippen LogP contribution >= 0.6 is 11.8 Å². The summed E-state index contributed by atoms with van der Waals surface area (Å²) in [6, 6.07) is 5.19. The van der Waals surface area contributed by atoms with Crippen molar-refractivity contribution in [1.82, 2.24) is 10.1 Å². The van der Waals surface area contributed by atoms with Gasteiger partial charge in [-0.2, -0.15) is 16.7 Å². The number of aromatic nitrogens is 2. The number of hydrogen-bond donors (Lipinski definition) is 2. The lowest BCUT2D eigenvalue weighted by atomic mass is 10.2. The van der Waals surface area contributed by atoms with Crippen molar-refractivity contribution >= 4 is 23.1 Å². The Hall–Kier alpha value is -1.73. The molecule has 2 aromatic rings.